The van der Waals surface area contributed by atoms with E-state index in [0.29, 0.717) is 5.92 Å². The summed E-state index contributed by atoms with van der Waals surface area (Å²) in [5, 5.41) is 10.9. The quantitative estimate of drug-likeness (QED) is 0.869. The summed E-state index contributed by atoms with van der Waals surface area (Å²) in [7, 11) is 0. The first-order valence-electron chi connectivity index (χ1n) is 9.59. The van der Waals surface area contributed by atoms with E-state index in [2.05, 4.69) is 64.4 Å². The van der Waals surface area contributed by atoms with Crippen molar-refractivity contribution in [2.75, 3.05) is 37.6 Å². The summed E-state index contributed by atoms with van der Waals surface area (Å²) in [6, 6.07) is 19.1. The van der Waals surface area contributed by atoms with E-state index in [1.165, 1.54) is 17.7 Å². The maximum atomic E-state index is 10.9. The van der Waals surface area contributed by atoms with Gasteiger partial charge < -0.3 is 10.0 Å². The minimum absolute atomic E-state index is 0.314. The van der Waals surface area contributed by atoms with Crippen LogP contribution in [0.4, 0.5) is 5.69 Å². The zero-order valence-corrected chi connectivity index (χ0v) is 14.8. The molecule has 1 N–H and O–H groups in total. The molecule has 2 aromatic carbocycles. The van der Waals surface area contributed by atoms with Crippen LogP contribution in [0.25, 0.3) is 0 Å². The Labute approximate surface area is 150 Å². The highest BCUT2D eigenvalue weighted by Gasteiger charge is 2.28. The highest BCUT2D eigenvalue weighted by atomic mass is 16.3. The summed E-state index contributed by atoms with van der Waals surface area (Å²) < 4.78 is 0. The van der Waals surface area contributed by atoms with Gasteiger partial charge in [-0.1, -0.05) is 42.5 Å². The number of piperazine rings is 1. The van der Waals surface area contributed by atoms with Gasteiger partial charge in [-0.15, -0.1) is 0 Å². The summed E-state index contributed by atoms with van der Waals surface area (Å²) in [5.74, 6) is 0.354. The molecule has 3 nitrogen and oxygen atoms in total. The lowest BCUT2D eigenvalue weighted by atomic mass is 9.92. The van der Waals surface area contributed by atoms with Gasteiger partial charge in [-0.05, 0) is 42.5 Å². The fourth-order valence-corrected chi connectivity index (χ4v) is 4.37. The molecule has 2 aliphatic rings. The Kier molecular flexibility index (Phi) is 5.04. The van der Waals surface area contributed by atoms with E-state index in [4.69, 9.17) is 0 Å². The maximum Gasteiger partial charge on any atom is 0.0833 e. The second kappa shape index (κ2) is 7.59. The number of aryl methyl sites for hydroxylation is 1. The number of aliphatic hydroxyl groups excluding tert-OH is 1. The lowest BCUT2D eigenvalue weighted by Gasteiger charge is -2.38. The third-order valence-corrected chi connectivity index (χ3v) is 5.83. The molecule has 0 saturated carbocycles. The average molecular weight is 336 g/mol. The van der Waals surface area contributed by atoms with Crippen LogP contribution in [-0.4, -0.2) is 42.7 Å². The summed E-state index contributed by atoms with van der Waals surface area (Å²) in [6.45, 7) is 5.32. The predicted molar refractivity (Wildman–Crippen MR) is 103 cm³/mol. The molecule has 1 aliphatic carbocycles. The first kappa shape index (κ1) is 16.6. The zero-order valence-electron chi connectivity index (χ0n) is 14.8. The average Bonchev–Trinajstić information content (AvgIpc) is 2.83. The molecule has 0 amide bonds. The number of anilines is 1. The molecule has 1 saturated heterocycles. The van der Waals surface area contributed by atoms with E-state index < -0.39 is 0 Å². The number of para-hydroxylation sites is 1. The van der Waals surface area contributed by atoms with Crippen molar-refractivity contribution < 1.29 is 5.11 Å². The van der Waals surface area contributed by atoms with Crippen LogP contribution < -0.4 is 4.90 Å². The first-order valence-corrected chi connectivity index (χ1v) is 9.59. The van der Waals surface area contributed by atoms with E-state index in [1.807, 2.05) is 0 Å². The maximum absolute atomic E-state index is 10.9. The fourth-order valence-electron chi connectivity index (χ4n) is 4.37. The molecule has 3 heteroatoms. The Morgan fingerprint density at radius 1 is 0.880 bits per heavy atom. The number of hydrogen-bond acceptors (Lipinski definition) is 3. The Hall–Kier alpha value is -1.84. The van der Waals surface area contributed by atoms with Gasteiger partial charge in [0.25, 0.3) is 0 Å². The van der Waals surface area contributed by atoms with Crippen molar-refractivity contribution in [3.63, 3.8) is 0 Å². The number of nitrogens with zero attached hydrogens (tertiary/aromatic N) is 2. The fraction of sp³-hybridized carbons (Fsp3) is 0.455. The van der Waals surface area contributed by atoms with Gasteiger partial charge >= 0.3 is 0 Å². The molecule has 0 aromatic heterocycles. The molecule has 1 heterocycles. The zero-order chi connectivity index (χ0) is 17.1. The number of hydrogen-bond donors (Lipinski definition) is 1. The van der Waals surface area contributed by atoms with Gasteiger partial charge in [-0.3, -0.25) is 4.90 Å². The second-order valence-electron chi connectivity index (χ2n) is 7.42. The van der Waals surface area contributed by atoms with Crippen molar-refractivity contribution in [2.24, 2.45) is 5.92 Å². The van der Waals surface area contributed by atoms with Gasteiger partial charge in [-0.25, -0.2) is 0 Å². The molecule has 1 aliphatic heterocycles. The van der Waals surface area contributed by atoms with E-state index >= 15 is 0 Å². The van der Waals surface area contributed by atoms with Gasteiger partial charge in [0.15, 0.2) is 0 Å². The van der Waals surface area contributed by atoms with Crippen LogP contribution in [0.1, 0.15) is 30.1 Å². The van der Waals surface area contributed by atoms with Crippen LogP contribution in [0.3, 0.4) is 0 Å². The molecule has 132 valence electrons. The molecule has 25 heavy (non-hydrogen) atoms. The molecule has 4 rings (SSSR count). The predicted octanol–water partition coefficient (Wildman–Crippen LogP) is 3.49. The van der Waals surface area contributed by atoms with Crippen LogP contribution in [0.5, 0.6) is 0 Å². The SMILES string of the molecule is OC1c2ccccc2CCCC1CN1CCN(c2ccccc2)CC1. The number of rotatable bonds is 3. The van der Waals surface area contributed by atoms with Crippen molar-refractivity contribution in [2.45, 2.75) is 25.4 Å². The Bertz CT molecular complexity index is 679. The Morgan fingerprint density at radius 2 is 1.60 bits per heavy atom. The third kappa shape index (κ3) is 3.73. The third-order valence-electron chi connectivity index (χ3n) is 5.83. The smallest absolute Gasteiger partial charge is 0.0833 e. The standard InChI is InChI=1S/C22H28N2O/c25-22-19(9-6-8-18-7-4-5-12-21(18)22)17-23-13-15-24(16-14-23)20-10-2-1-3-11-20/h1-5,7,10-12,19,22,25H,6,8-9,13-17H2. The van der Waals surface area contributed by atoms with E-state index in [9.17, 15) is 5.11 Å². The van der Waals surface area contributed by atoms with Crippen LogP contribution in [0, 0.1) is 5.92 Å². The minimum atomic E-state index is -0.314. The summed E-state index contributed by atoms with van der Waals surface area (Å²) in [6.07, 6.45) is 3.09. The largest absolute Gasteiger partial charge is 0.388 e. The Morgan fingerprint density at radius 3 is 2.40 bits per heavy atom. The minimum Gasteiger partial charge on any atom is -0.388 e. The van der Waals surface area contributed by atoms with Gasteiger partial charge in [0, 0.05) is 44.3 Å². The van der Waals surface area contributed by atoms with Crippen LogP contribution in [-0.2, 0) is 6.42 Å². The Balaban J connectivity index is 1.37. The van der Waals surface area contributed by atoms with Crippen LogP contribution in [0.15, 0.2) is 54.6 Å². The van der Waals surface area contributed by atoms with Gasteiger partial charge in [0.2, 0.25) is 0 Å². The second-order valence-corrected chi connectivity index (χ2v) is 7.42. The van der Waals surface area contributed by atoms with Crippen molar-refractivity contribution in [3.05, 3.63) is 65.7 Å². The van der Waals surface area contributed by atoms with Gasteiger partial charge in [0.1, 0.15) is 0 Å². The monoisotopic (exact) mass is 336 g/mol. The topological polar surface area (TPSA) is 26.7 Å². The van der Waals surface area contributed by atoms with Crippen LogP contribution >= 0.6 is 0 Å². The summed E-state index contributed by atoms with van der Waals surface area (Å²) in [5.41, 5.74) is 3.82. The van der Waals surface area contributed by atoms with Gasteiger partial charge in [0.05, 0.1) is 6.10 Å². The van der Waals surface area contributed by atoms with Crippen molar-refractivity contribution >= 4 is 5.69 Å². The molecule has 0 spiro atoms. The first-order chi connectivity index (χ1) is 12.3. The van der Waals surface area contributed by atoms with Crippen molar-refractivity contribution in [1.29, 1.82) is 0 Å². The molecule has 1 fully saturated rings. The molecule has 2 atom stereocenters. The summed E-state index contributed by atoms with van der Waals surface area (Å²) >= 11 is 0. The molecular formula is C22H28N2O. The molecule has 2 unspecified atom stereocenters. The highest BCUT2D eigenvalue weighted by Crippen LogP contribution is 2.33. The van der Waals surface area contributed by atoms with E-state index in [1.54, 1.807) is 0 Å². The van der Waals surface area contributed by atoms with E-state index in [0.717, 1.165) is 51.1 Å². The molecular weight excluding hydrogens is 308 g/mol. The summed E-state index contributed by atoms with van der Waals surface area (Å²) in [4.78, 5) is 5.01. The number of fused-ring (bicyclic) bond motifs is 1. The number of aliphatic hydroxyl groups is 1. The normalized spacial score (nSPS) is 24.6. The van der Waals surface area contributed by atoms with Crippen molar-refractivity contribution in [3.8, 4) is 0 Å². The molecule has 0 bridgehead atoms. The van der Waals surface area contributed by atoms with E-state index in [-0.39, 0.29) is 6.10 Å². The lowest BCUT2D eigenvalue weighted by molar-refractivity contribution is 0.0737. The molecule has 0 radical (unpaired) electrons. The molecule has 2 aromatic rings. The highest BCUT2D eigenvalue weighted by molar-refractivity contribution is 5.46. The van der Waals surface area contributed by atoms with Gasteiger partial charge in [-0.2, -0.15) is 0 Å². The van der Waals surface area contributed by atoms with Crippen molar-refractivity contribution in [1.82, 2.24) is 4.90 Å². The lowest BCUT2D eigenvalue weighted by Crippen LogP contribution is -2.48. The number of benzene rings is 2. The van der Waals surface area contributed by atoms with Crippen LogP contribution in [0.2, 0.25) is 0 Å².